The zero-order chi connectivity index (χ0) is 12.0. The minimum atomic E-state index is -0.125. The second-order valence-electron chi connectivity index (χ2n) is 4.33. The van der Waals surface area contributed by atoms with Gasteiger partial charge in [-0.25, -0.2) is 0 Å². The van der Waals surface area contributed by atoms with E-state index in [-0.39, 0.29) is 11.9 Å². The number of likely N-dealkylation sites (N-methyl/N-ethyl adjacent to an activating group) is 1. The molecule has 0 radical (unpaired) electrons. The van der Waals surface area contributed by atoms with Crippen molar-refractivity contribution in [3.05, 3.63) is 30.3 Å². The van der Waals surface area contributed by atoms with Gasteiger partial charge >= 0.3 is 0 Å². The van der Waals surface area contributed by atoms with Crippen molar-refractivity contribution in [2.45, 2.75) is 26.3 Å². The van der Waals surface area contributed by atoms with E-state index in [9.17, 15) is 4.79 Å². The quantitative estimate of drug-likeness (QED) is 0.799. The van der Waals surface area contributed by atoms with Crippen molar-refractivity contribution in [2.75, 3.05) is 12.4 Å². The van der Waals surface area contributed by atoms with Crippen molar-refractivity contribution in [3.63, 3.8) is 0 Å². The number of hydrogen-bond donors (Lipinski definition) is 2. The molecular formula is C13H20N2O. The molecule has 0 heterocycles. The van der Waals surface area contributed by atoms with E-state index in [4.69, 9.17) is 0 Å². The van der Waals surface area contributed by atoms with Gasteiger partial charge in [0.05, 0.1) is 6.04 Å². The number of hydrogen-bond acceptors (Lipinski definition) is 2. The van der Waals surface area contributed by atoms with Crippen LogP contribution >= 0.6 is 0 Å². The fourth-order valence-electron chi connectivity index (χ4n) is 1.58. The fraction of sp³-hybridized carbons (Fsp3) is 0.462. The molecule has 2 N–H and O–H groups in total. The van der Waals surface area contributed by atoms with Gasteiger partial charge in [-0.2, -0.15) is 0 Å². The molecule has 16 heavy (non-hydrogen) atoms. The van der Waals surface area contributed by atoms with Crippen molar-refractivity contribution >= 4 is 11.6 Å². The Labute approximate surface area is 97.2 Å². The second kappa shape index (κ2) is 6.28. The van der Waals surface area contributed by atoms with Gasteiger partial charge in [0.1, 0.15) is 0 Å². The molecule has 1 aromatic rings. The molecule has 0 aliphatic heterocycles. The summed E-state index contributed by atoms with van der Waals surface area (Å²) in [6.07, 6.45) is 0.842. The van der Waals surface area contributed by atoms with Crippen LogP contribution in [-0.4, -0.2) is 19.0 Å². The maximum Gasteiger partial charge on any atom is 0.241 e. The molecule has 3 heteroatoms. The third kappa shape index (κ3) is 4.03. The van der Waals surface area contributed by atoms with Crippen LogP contribution < -0.4 is 10.6 Å². The SMILES string of the molecule is CN[C@H](CC(C)C)C(=O)Nc1ccccc1. The van der Waals surface area contributed by atoms with Crippen molar-refractivity contribution in [1.29, 1.82) is 0 Å². The van der Waals surface area contributed by atoms with Crippen LogP contribution in [0.5, 0.6) is 0 Å². The first-order chi connectivity index (χ1) is 7.63. The largest absolute Gasteiger partial charge is 0.325 e. The lowest BCUT2D eigenvalue weighted by atomic mass is 10.0. The Morgan fingerprint density at radius 2 is 1.88 bits per heavy atom. The van der Waals surface area contributed by atoms with Gasteiger partial charge in [-0.05, 0) is 31.5 Å². The van der Waals surface area contributed by atoms with E-state index in [0.29, 0.717) is 5.92 Å². The predicted octanol–water partition coefficient (Wildman–Crippen LogP) is 2.26. The van der Waals surface area contributed by atoms with E-state index in [1.807, 2.05) is 37.4 Å². The monoisotopic (exact) mass is 220 g/mol. The van der Waals surface area contributed by atoms with Crippen molar-refractivity contribution in [3.8, 4) is 0 Å². The summed E-state index contributed by atoms with van der Waals surface area (Å²) in [6, 6.07) is 9.40. The summed E-state index contributed by atoms with van der Waals surface area (Å²) in [7, 11) is 1.82. The van der Waals surface area contributed by atoms with Gasteiger partial charge in [0, 0.05) is 5.69 Å². The molecule has 88 valence electrons. The maximum atomic E-state index is 11.9. The van der Waals surface area contributed by atoms with E-state index < -0.39 is 0 Å². The Morgan fingerprint density at radius 1 is 1.25 bits per heavy atom. The number of benzene rings is 1. The van der Waals surface area contributed by atoms with E-state index in [2.05, 4.69) is 24.5 Å². The number of carbonyl (C=O) groups excluding carboxylic acids is 1. The fourth-order valence-corrected chi connectivity index (χ4v) is 1.58. The standard InChI is InChI=1S/C13H20N2O/c1-10(2)9-12(14-3)13(16)15-11-7-5-4-6-8-11/h4-8,10,12,14H,9H2,1-3H3,(H,15,16)/t12-/m1/s1. The van der Waals surface area contributed by atoms with Crippen LogP contribution in [0, 0.1) is 5.92 Å². The molecule has 0 fully saturated rings. The predicted molar refractivity (Wildman–Crippen MR) is 67.4 cm³/mol. The number of para-hydroxylation sites is 1. The first-order valence-electron chi connectivity index (χ1n) is 5.66. The summed E-state index contributed by atoms with van der Waals surface area (Å²) < 4.78 is 0. The van der Waals surface area contributed by atoms with Gasteiger partial charge in [-0.3, -0.25) is 4.79 Å². The highest BCUT2D eigenvalue weighted by Gasteiger charge is 2.17. The minimum absolute atomic E-state index is 0.0300. The van der Waals surface area contributed by atoms with Gasteiger partial charge in [0.15, 0.2) is 0 Å². The lowest BCUT2D eigenvalue weighted by Gasteiger charge is -2.17. The van der Waals surface area contributed by atoms with Crippen LogP contribution in [-0.2, 0) is 4.79 Å². The molecular weight excluding hydrogens is 200 g/mol. The number of anilines is 1. The van der Waals surface area contributed by atoms with Gasteiger partial charge in [-0.15, -0.1) is 0 Å². The first kappa shape index (κ1) is 12.7. The van der Waals surface area contributed by atoms with Crippen LogP contribution in [0.1, 0.15) is 20.3 Å². The summed E-state index contributed by atoms with van der Waals surface area (Å²) in [6.45, 7) is 4.22. The second-order valence-corrected chi connectivity index (χ2v) is 4.33. The highest BCUT2D eigenvalue weighted by atomic mass is 16.2. The highest BCUT2D eigenvalue weighted by Crippen LogP contribution is 2.09. The lowest BCUT2D eigenvalue weighted by Crippen LogP contribution is -2.39. The molecule has 1 rings (SSSR count). The van der Waals surface area contributed by atoms with Crippen LogP contribution in [0.3, 0.4) is 0 Å². The van der Waals surface area contributed by atoms with E-state index in [0.717, 1.165) is 12.1 Å². The molecule has 0 aliphatic rings. The van der Waals surface area contributed by atoms with Crippen LogP contribution in [0.4, 0.5) is 5.69 Å². The van der Waals surface area contributed by atoms with E-state index in [1.54, 1.807) is 0 Å². The van der Waals surface area contributed by atoms with Gasteiger partial charge in [-0.1, -0.05) is 32.0 Å². The zero-order valence-electron chi connectivity index (χ0n) is 10.2. The molecule has 3 nitrogen and oxygen atoms in total. The number of rotatable bonds is 5. The molecule has 1 atom stereocenters. The van der Waals surface area contributed by atoms with Gasteiger partial charge < -0.3 is 10.6 Å². The Hall–Kier alpha value is -1.35. The first-order valence-corrected chi connectivity index (χ1v) is 5.66. The molecule has 0 saturated carbocycles. The molecule has 0 spiro atoms. The molecule has 1 amide bonds. The van der Waals surface area contributed by atoms with Crippen molar-refractivity contribution in [2.24, 2.45) is 5.92 Å². The third-order valence-corrected chi connectivity index (χ3v) is 2.41. The highest BCUT2D eigenvalue weighted by molar-refractivity contribution is 5.94. The van der Waals surface area contributed by atoms with E-state index in [1.165, 1.54) is 0 Å². The molecule has 0 aliphatic carbocycles. The smallest absolute Gasteiger partial charge is 0.241 e. The van der Waals surface area contributed by atoms with Crippen LogP contribution in [0.15, 0.2) is 30.3 Å². The number of nitrogens with one attached hydrogen (secondary N) is 2. The molecule has 0 unspecified atom stereocenters. The minimum Gasteiger partial charge on any atom is -0.325 e. The van der Waals surface area contributed by atoms with Gasteiger partial charge in [0.25, 0.3) is 0 Å². The summed E-state index contributed by atoms with van der Waals surface area (Å²) in [5.41, 5.74) is 0.844. The van der Waals surface area contributed by atoms with Crippen molar-refractivity contribution < 1.29 is 4.79 Å². The molecule has 0 aromatic heterocycles. The van der Waals surface area contributed by atoms with Crippen LogP contribution in [0.2, 0.25) is 0 Å². The summed E-state index contributed by atoms with van der Waals surface area (Å²) in [4.78, 5) is 11.9. The molecule has 0 saturated heterocycles. The average molecular weight is 220 g/mol. The average Bonchev–Trinajstić information content (AvgIpc) is 2.26. The lowest BCUT2D eigenvalue weighted by molar-refractivity contribution is -0.118. The topological polar surface area (TPSA) is 41.1 Å². The maximum absolute atomic E-state index is 11.9. The third-order valence-electron chi connectivity index (χ3n) is 2.41. The Kier molecular flexibility index (Phi) is 4.99. The van der Waals surface area contributed by atoms with Crippen LogP contribution in [0.25, 0.3) is 0 Å². The zero-order valence-corrected chi connectivity index (χ0v) is 10.2. The molecule has 0 bridgehead atoms. The Bertz CT molecular complexity index is 322. The number of carbonyl (C=O) groups is 1. The normalized spacial score (nSPS) is 12.5. The number of amides is 1. The summed E-state index contributed by atoms with van der Waals surface area (Å²) in [5.74, 6) is 0.529. The van der Waals surface area contributed by atoms with Gasteiger partial charge in [0.2, 0.25) is 5.91 Å². The van der Waals surface area contributed by atoms with Crippen molar-refractivity contribution in [1.82, 2.24) is 5.32 Å². The van der Waals surface area contributed by atoms with E-state index >= 15 is 0 Å². The Morgan fingerprint density at radius 3 is 2.38 bits per heavy atom. The summed E-state index contributed by atoms with van der Waals surface area (Å²) >= 11 is 0. The molecule has 1 aromatic carbocycles. The summed E-state index contributed by atoms with van der Waals surface area (Å²) in [5, 5.41) is 5.94. The Balaban J connectivity index is 2.56.